The lowest BCUT2D eigenvalue weighted by atomic mass is 10.2. The molecule has 0 saturated carbocycles. The molecule has 2 nitrogen and oxygen atoms in total. The largest absolute Gasteiger partial charge is 0.411 e. The van der Waals surface area contributed by atoms with Gasteiger partial charge in [-0.1, -0.05) is 30.8 Å². The van der Waals surface area contributed by atoms with Crippen molar-refractivity contribution in [1.29, 1.82) is 0 Å². The highest BCUT2D eigenvalue weighted by Crippen LogP contribution is 2.15. The molecule has 0 aromatic heterocycles. The van der Waals surface area contributed by atoms with E-state index in [1.807, 2.05) is 26.0 Å². The van der Waals surface area contributed by atoms with E-state index < -0.39 is 8.32 Å². The molecule has 0 amide bonds. The van der Waals surface area contributed by atoms with Crippen molar-refractivity contribution in [2.75, 3.05) is 5.75 Å². The van der Waals surface area contributed by atoms with Gasteiger partial charge in [-0.25, -0.2) is 0 Å². The van der Waals surface area contributed by atoms with Gasteiger partial charge in [0.05, 0.1) is 6.10 Å². The van der Waals surface area contributed by atoms with Gasteiger partial charge in [-0.15, -0.1) is 0 Å². The van der Waals surface area contributed by atoms with E-state index in [1.54, 1.807) is 0 Å². The van der Waals surface area contributed by atoms with E-state index in [1.165, 1.54) is 11.8 Å². The van der Waals surface area contributed by atoms with Crippen molar-refractivity contribution >= 4 is 25.2 Å². The molecular weight excluding hydrogens is 224 g/mol. The van der Waals surface area contributed by atoms with Crippen molar-refractivity contribution in [3.05, 3.63) is 12.2 Å². The van der Waals surface area contributed by atoms with Gasteiger partial charge in [-0.3, -0.25) is 4.79 Å². The van der Waals surface area contributed by atoms with Crippen LogP contribution in [0.3, 0.4) is 0 Å². The van der Waals surface area contributed by atoms with Gasteiger partial charge in [-0.2, -0.15) is 0 Å². The summed E-state index contributed by atoms with van der Waals surface area (Å²) in [5, 5.41) is 0.221. The summed E-state index contributed by atoms with van der Waals surface area (Å²) < 4.78 is 5.91. The Morgan fingerprint density at radius 1 is 1.47 bits per heavy atom. The molecule has 0 spiro atoms. The van der Waals surface area contributed by atoms with Crippen LogP contribution in [0.15, 0.2) is 12.2 Å². The fourth-order valence-corrected chi connectivity index (χ4v) is 2.88. The molecule has 0 N–H and O–H groups in total. The first-order valence-electron chi connectivity index (χ1n) is 5.35. The first kappa shape index (κ1) is 14.9. The van der Waals surface area contributed by atoms with Crippen LogP contribution in [0.2, 0.25) is 19.6 Å². The standard InChI is InChI=1S/C11H22O2SSi/c1-6-8-10(13-15(3,4)5)9-11(12)14-7-2/h6,8,10H,7,9H2,1-5H3/b8-6+/t10-/m0/s1. The number of carbonyl (C=O) groups is 1. The van der Waals surface area contributed by atoms with E-state index >= 15 is 0 Å². The number of allylic oxidation sites excluding steroid dienone is 1. The van der Waals surface area contributed by atoms with Crippen molar-refractivity contribution in [2.45, 2.75) is 46.0 Å². The summed E-state index contributed by atoms with van der Waals surface area (Å²) in [5.74, 6) is 0.842. The third-order valence-corrected chi connectivity index (χ3v) is 3.37. The van der Waals surface area contributed by atoms with Gasteiger partial charge in [0.25, 0.3) is 0 Å². The molecule has 4 heteroatoms. The van der Waals surface area contributed by atoms with Crippen LogP contribution < -0.4 is 0 Å². The van der Waals surface area contributed by atoms with Gasteiger partial charge < -0.3 is 4.43 Å². The summed E-state index contributed by atoms with van der Waals surface area (Å²) in [7, 11) is -1.56. The molecule has 88 valence electrons. The maximum absolute atomic E-state index is 11.5. The van der Waals surface area contributed by atoms with Crippen molar-refractivity contribution in [3.8, 4) is 0 Å². The van der Waals surface area contributed by atoms with Crippen molar-refractivity contribution in [1.82, 2.24) is 0 Å². The lowest BCUT2D eigenvalue weighted by Crippen LogP contribution is -2.32. The summed E-state index contributed by atoms with van der Waals surface area (Å²) in [6, 6.07) is 0. The van der Waals surface area contributed by atoms with Crippen LogP contribution in [0, 0.1) is 0 Å². The topological polar surface area (TPSA) is 26.3 Å². The number of rotatable bonds is 6. The summed E-state index contributed by atoms with van der Waals surface area (Å²) in [5.41, 5.74) is 0. The fraction of sp³-hybridized carbons (Fsp3) is 0.727. The van der Waals surface area contributed by atoms with E-state index in [0.29, 0.717) is 6.42 Å². The molecular formula is C11H22O2SSi. The fourth-order valence-electron chi connectivity index (χ4n) is 1.20. The molecule has 1 atom stereocenters. The zero-order valence-electron chi connectivity index (χ0n) is 10.4. The highest BCUT2D eigenvalue weighted by molar-refractivity contribution is 8.13. The molecule has 0 rings (SSSR count). The average molecular weight is 246 g/mol. The second-order valence-electron chi connectivity index (χ2n) is 4.30. The minimum atomic E-state index is -1.56. The van der Waals surface area contributed by atoms with E-state index in [2.05, 4.69) is 19.6 Å². The Kier molecular flexibility index (Phi) is 7.22. The number of carbonyl (C=O) groups excluding carboxylic acids is 1. The second-order valence-corrected chi connectivity index (χ2v) is 10.1. The first-order chi connectivity index (χ1) is 6.89. The van der Waals surface area contributed by atoms with Gasteiger partial charge in [0.15, 0.2) is 13.4 Å². The van der Waals surface area contributed by atoms with Crippen LogP contribution in [0.4, 0.5) is 0 Å². The lowest BCUT2D eigenvalue weighted by Gasteiger charge is -2.23. The van der Waals surface area contributed by atoms with Gasteiger partial charge in [0.2, 0.25) is 0 Å². The summed E-state index contributed by atoms with van der Waals surface area (Å²) in [6.45, 7) is 10.4. The third kappa shape index (κ3) is 8.90. The number of thioether (sulfide) groups is 1. The van der Waals surface area contributed by atoms with Gasteiger partial charge in [0.1, 0.15) is 0 Å². The van der Waals surface area contributed by atoms with Crippen molar-refractivity contribution in [2.24, 2.45) is 0 Å². The molecule has 0 aliphatic rings. The molecule has 0 aliphatic carbocycles. The Morgan fingerprint density at radius 2 is 2.07 bits per heavy atom. The van der Waals surface area contributed by atoms with Crippen LogP contribution in [-0.4, -0.2) is 25.3 Å². The second kappa shape index (κ2) is 7.25. The zero-order chi connectivity index (χ0) is 11.9. The molecule has 0 aromatic rings. The van der Waals surface area contributed by atoms with Crippen molar-refractivity contribution in [3.63, 3.8) is 0 Å². The van der Waals surface area contributed by atoms with Gasteiger partial charge in [-0.05, 0) is 32.3 Å². The molecule has 15 heavy (non-hydrogen) atoms. The Bertz CT molecular complexity index is 221. The van der Waals surface area contributed by atoms with E-state index in [-0.39, 0.29) is 11.2 Å². The minimum Gasteiger partial charge on any atom is -0.411 e. The smallest absolute Gasteiger partial charge is 0.191 e. The SMILES string of the molecule is C/C=C/[C@@H](CC(=O)SCC)O[Si](C)(C)C. The zero-order valence-corrected chi connectivity index (χ0v) is 12.2. The van der Waals surface area contributed by atoms with Crippen molar-refractivity contribution < 1.29 is 9.22 Å². The van der Waals surface area contributed by atoms with E-state index in [0.717, 1.165) is 5.75 Å². The highest BCUT2D eigenvalue weighted by Gasteiger charge is 2.21. The predicted molar refractivity (Wildman–Crippen MR) is 70.8 cm³/mol. The molecule has 0 aliphatic heterocycles. The maximum Gasteiger partial charge on any atom is 0.191 e. The van der Waals surface area contributed by atoms with E-state index in [4.69, 9.17) is 4.43 Å². The Balaban J connectivity index is 4.22. The minimum absolute atomic E-state index is 0.0341. The Hall–Kier alpha value is -0.0631. The highest BCUT2D eigenvalue weighted by atomic mass is 32.2. The molecule has 0 aromatic carbocycles. The predicted octanol–water partition coefficient (Wildman–Crippen LogP) is 3.45. The number of hydrogen-bond acceptors (Lipinski definition) is 3. The molecule has 0 saturated heterocycles. The summed E-state index contributed by atoms with van der Waals surface area (Å²) in [6.07, 6.45) is 4.39. The molecule has 0 heterocycles. The van der Waals surface area contributed by atoms with Gasteiger partial charge in [0, 0.05) is 6.42 Å². The number of hydrogen-bond donors (Lipinski definition) is 0. The monoisotopic (exact) mass is 246 g/mol. The van der Waals surface area contributed by atoms with Crippen LogP contribution in [0.5, 0.6) is 0 Å². The van der Waals surface area contributed by atoms with Crippen LogP contribution >= 0.6 is 11.8 Å². The average Bonchev–Trinajstić information content (AvgIpc) is 2.01. The summed E-state index contributed by atoms with van der Waals surface area (Å²) in [4.78, 5) is 11.5. The quantitative estimate of drug-likeness (QED) is 0.530. The van der Waals surface area contributed by atoms with Crippen LogP contribution in [-0.2, 0) is 9.22 Å². The molecule has 0 bridgehead atoms. The van der Waals surface area contributed by atoms with Crippen LogP contribution in [0.1, 0.15) is 20.3 Å². The Morgan fingerprint density at radius 3 is 2.47 bits per heavy atom. The first-order valence-corrected chi connectivity index (χ1v) is 9.74. The molecule has 0 unspecified atom stereocenters. The maximum atomic E-state index is 11.5. The molecule has 0 radical (unpaired) electrons. The third-order valence-electron chi connectivity index (χ3n) is 1.59. The van der Waals surface area contributed by atoms with E-state index in [9.17, 15) is 4.79 Å². The van der Waals surface area contributed by atoms with Gasteiger partial charge >= 0.3 is 0 Å². The normalized spacial score (nSPS) is 14.5. The molecule has 0 fully saturated rings. The summed E-state index contributed by atoms with van der Waals surface area (Å²) >= 11 is 1.37. The Labute approximate surface area is 98.6 Å². The lowest BCUT2D eigenvalue weighted by molar-refractivity contribution is -0.112. The van der Waals surface area contributed by atoms with Crippen LogP contribution in [0.25, 0.3) is 0 Å².